The molecule has 3 rings (SSSR count). The van der Waals surface area contributed by atoms with E-state index in [9.17, 15) is 4.79 Å². The van der Waals surface area contributed by atoms with E-state index < -0.39 is 0 Å². The Kier molecular flexibility index (Phi) is 4.13. The zero-order chi connectivity index (χ0) is 17.4. The molecule has 0 bridgehead atoms. The van der Waals surface area contributed by atoms with Crippen LogP contribution in [-0.2, 0) is 11.3 Å². The van der Waals surface area contributed by atoms with Crippen LogP contribution in [0.2, 0.25) is 0 Å². The monoisotopic (exact) mass is 325 g/mol. The quantitative estimate of drug-likeness (QED) is 0.771. The van der Waals surface area contributed by atoms with Gasteiger partial charge in [0, 0.05) is 18.9 Å². The second-order valence-corrected chi connectivity index (χ2v) is 6.37. The lowest BCUT2D eigenvalue weighted by Crippen LogP contribution is -2.28. The minimum absolute atomic E-state index is 0.0236. The molecule has 3 aromatic rings. The second-order valence-electron chi connectivity index (χ2n) is 6.37. The topological polar surface area (TPSA) is 87.9 Å². The van der Waals surface area contributed by atoms with E-state index in [-0.39, 0.29) is 5.91 Å². The summed E-state index contributed by atoms with van der Waals surface area (Å²) < 4.78 is 0. The predicted molar refractivity (Wildman–Crippen MR) is 96.7 cm³/mol. The van der Waals surface area contributed by atoms with Gasteiger partial charge in [0.05, 0.1) is 17.6 Å². The lowest BCUT2D eigenvalue weighted by atomic mass is 10.0. The van der Waals surface area contributed by atoms with E-state index >= 15 is 0 Å². The molecule has 0 aliphatic heterocycles. The number of rotatable bonds is 4. The Morgan fingerprint density at radius 3 is 2.71 bits per heavy atom. The highest BCUT2D eigenvalue weighted by Gasteiger charge is 2.15. The maximum atomic E-state index is 11.6. The van der Waals surface area contributed by atoms with Crippen molar-refractivity contribution in [2.75, 3.05) is 12.3 Å². The van der Waals surface area contributed by atoms with Crippen molar-refractivity contribution in [3.8, 4) is 0 Å². The third kappa shape index (κ3) is 2.79. The van der Waals surface area contributed by atoms with Gasteiger partial charge in [0.15, 0.2) is 5.82 Å². The summed E-state index contributed by atoms with van der Waals surface area (Å²) >= 11 is 0. The summed E-state index contributed by atoms with van der Waals surface area (Å²) in [5.74, 6) is 1.58. The Morgan fingerprint density at radius 2 is 2.08 bits per heavy atom. The highest BCUT2D eigenvalue weighted by molar-refractivity contribution is 6.06. The van der Waals surface area contributed by atoms with Crippen LogP contribution in [0, 0.1) is 0 Å². The van der Waals surface area contributed by atoms with E-state index in [4.69, 9.17) is 5.73 Å². The molecular formula is C18H23N5O. The molecule has 0 saturated carbocycles. The summed E-state index contributed by atoms with van der Waals surface area (Å²) in [5.41, 5.74) is 9.74. The summed E-state index contributed by atoms with van der Waals surface area (Å²) in [6.45, 7) is 8.88. The van der Waals surface area contributed by atoms with Crippen molar-refractivity contribution in [1.29, 1.82) is 0 Å². The number of nitrogen functional groups attached to an aromatic ring is 1. The number of carbonyl (C=O) groups excluding carboxylic acids is 1. The van der Waals surface area contributed by atoms with E-state index in [1.54, 1.807) is 11.8 Å². The van der Waals surface area contributed by atoms with Crippen molar-refractivity contribution in [2.45, 2.75) is 40.2 Å². The smallest absolute Gasteiger partial charge is 0.219 e. The number of nitrogens with zero attached hydrogens (tertiary/aromatic N) is 3. The van der Waals surface area contributed by atoms with Crippen molar-refractivity contribution in [2.24, 2.45) is 0 Å². The van der Waals surface area contributed by atoms with Gasteiger partial charge in [-0.3, -0.25) is 4.79 Å². The molecule has 6 heteroatoms. The lowest BCUT2D eigenvalue weighted by Gasteiger charge is -2.16. The number of amides is 1. The van der Waals surface area contributed by atoms with Gasteiger partial charge < -0.3 is 15.6 Å². The summed E-state index contributed by atoms with van der Waals surface area (Å²) in [6.07, 6.45) is 0. The zero-order valence-electron chi connectivity index (χ0n) is 14.6. The summed E-state index contributed by atoms with van der Waals surface area (Å²) in [6, 6.07) is 6.24. The normalized spacial score (nSPS) is 11.5. The molecule has 0 atom stereocenters. The van der Waals surface area contributed by atoms with E-state index in [0.29, 0.717) is 30.3 Å². The number of aromatic nitrogens is 3. The van der Waals surface area contributed by atoms with Gasteiger partial charge in [-0.15, -0.1) is 0 Å². The van der Waals surface area contributed by atoms with Crippen LogP contribution in [-0.4, -0.2) is 32.3 Å². The molecule has 0 aliphatic rings. The van der Waals surface area contributed by atoms with Gasteiger partial charge in [-0.2, -0.15) is 0 Å². The standard InChI is InChI=1S/C18H23N5O/c1-5-23(11(4)24)9-15-21-16-13-7-6-12(10(2)3)8-14(13)20-18(19)17(16)22-15/h6-8,10H,5,9H2,1-4H3,(H2,19,20)(H,21,22). The fourth-order valence-electron chi connectivity index (χ4n) is 2.90. The number of pyridine rings is 1. The van der Waals surface area contributed by atoms with Crippen LogP contribution in [0.1, 0.15) is 45.0 Å². The molecule has 0 saturated heterocycles. The molecule has 0 radical (unpaired) electrons. The van der Waals surface area contributed by atoms with Gasteiger partial charge in [0.2, 0.25) is 5.91 Å². The largest absolute Gasteiger partial charge is 0.382 e. The number of aromatic amines is 1. The molecule has 24 heavy (non-hydrogen) atoms. The molecule has 0 fully saturated rings. The van der Waals surface area contributed by atoms with Crippen LogP contribution in [0.15, 0.2) is 18.2 Å². The third-order valence-corrected chi connectivity index (χ3v) is 4.36. The summed E-state index contributed by atoms with van der Waals surface area (Å²) in [7, 11) is 0. The molecule has 2 aromatic heterocycles. The number of benzene rings is 1. The number of anilines is 1. The number of nitrogens with two attached hydrogens (primary N) is 1. The first-order chi connectivity index (χ1) is 11.4. The summed E-state index contributed by atoms with van der Waals surface area (Å²) in [5, 5.41) is 0.994. The molecule has 6 nitrogen and oxygen atoms in total. The molecule has 126 valence electrons. The first-order valence-corrected chi connectivity index (χ1v) is 8.24. The van der Waals surface area contributed by atoms with E-state index in [1.807, 2.05) is 6.92 Å². The van der Waals surface area contributed by atoms with E-state index in [2.05, 4.69) is 47.0 Å². The van der Waals surface area contributed by atoms with Gasteiger partial charge in [0.1, 0.15) is 11.3 Å². The Hall–Kier alpha value is -2.63. The predicted octanol–water partition coefficient (Wildman–Crippen LogP) is 3.19. The number of nitrogens with one attached hydrogen (secondary N) is 1. The number of hydrogen-bond acceptors (Lipinski definition) is 4. The van der Waals surface area contributed by atoms with E-state index in [0.717, 1.165) is 22.2 Å². The van der Waals surface area contributed by atoms with Crippen LogP contribution < -0.4 is 5.73 Å². The average molecular weight is 325 g/mol. The van der Waals surface area contributed by atoms with Crippen LogP contribution in [0.25, 0.3) is 21.9 Å². The fraction of sp³-hybridized carbons (Fsp3) is 0.389. The Balaban J connectivity index is 2.12. The summed E-state index contributed by atoms with van der Waals surface area (Å²) in [4.78, 5) is 25.7. The Labute approximate surface area is 141 Å². The maximum absolute atomic E-state index is 11.6. The van der Waals surface area contributed by atoms with Crippen molar-refractivity contribution in [3.63, 3.8) is 0 Å². The number of hydrogen-bond donors (Lipinski definition) is 2. The highest BCUT2D eigenvalue weighted by atomic mass is 16.2. The van der Waals surface area contributed by atoms with Crippen molar-refractivity contribution >= 4 is 33.7 Å². The SMILES string of the molecule is CCN(Cc1nc2c(N)nc3cc(C(C)C)ccc3c2[nH]1)C(C)=O. The first kappa shape index (κ1) is 16.2. The van der Waals surface area contributed by atoms with Crippen molar-refractivity contribution in [3.05, 3.63) is 29.6 Å². The molecule has 1 aromatic carbocycles. The Morgan fingerprint density at radius 1 is 1.33 bits per heavy atom. The minimum Gasteiger partial charge on any atom is -0.382 e. The number of fused-ring (bicyclic) bond motifs is 3. The van der Waals surface area contributed by atoms with Crippen molar-refractivity contribution in [1.82, 2.24) is 19.9 Å². The molecule has 1 amide bonds. The fourth-order valence-corrected chi connectivity index (χ4v) is 2.90. The molecular weight excluding hydrogens is 302 g/mol. The minimum atomic E-state index is 0.0236. The molecule has 0 unspecified atom stereocenters. The second kappa shape index (κ2) is 6.11. The number of H-pyrrole nitrogens is 1. The molecule has 0 aliphatic carbocycles. The number of carbonyl (C=O) groups is 1. The average Bonchev–Trinajstić information content (AvgIpc) is 2.96. The van der Waals surface area contributed by atoms with Gasteiger partial charge >= 0.3 is 0 Å². The lowest BCUT2D eigenvalue weighted by molar-refractivity contribution is -0.129. The number of imidazole rings is 1. The zero-order valence-corrected chi connectivity index (χ0v) is 14.6. The van der Waals surface area contributed by atoms with Crippen LogP contribution in [0.3, 0.4) is 0 Å². The molecule has 2 heterocycles. The van der Waals surface area contributed by atoms with Crippen LogP contribution in [0.5, 0.6) is 0 Å². The van der Waals surface area contributed by atoms with Gasteiger partial charge in [-0.05, 0) is 24.5 Å². The maximum Gasteiger partial charge on any atom is 0.219 e. The van der Waals surface area contributed by atoms with Gasteiger partial charge in [-0.1, -0.05) is 26.0 Å². The third-order valence-electron chi connectivity index (χ3n) is 4.36. The van der Waals surface area contributed by atoms with E-state index in [1.165, 1.54) is 5.56 Å². The Bertz CT molecular complexity index is 913. The van der Waals surface area contributed by atoms with Crippen LogP contribution in [0.4, 0.5) is 5.82 Å². The first-order valence-electron chi connectivity index (χ1n) is 8.24. The van der Waals surface area contributed by atoms with Gasteiger partial charge in [-0.25, -0.2) is 9.97 Å². The highest BCUT2D eigenvalue weighted by Crippen LogP contribution is 2.28. The van der Waals surface area contributed by atoms with Crippen LogP contribution >= 0.6 is 0 Å². The molecule has 0 spiro atoms. The van der Waals surface area contributed by atoms with Gasteiger partial charge in [0.25, 0.3) is 0 Å². The van der Waals surface area contributed by atoms with Crippen molar-refractivity contribution < 1.29 is 4.79 Å². The molecule has 3 N–H and O–H groups in total.